The fraction of sp³-hybridized carbons (Fsp3) is 0.276. The van der Waals surface area contributed by atoms with Crippen molar-refractivity contribution in [1.82, 2.24) is 0 Å². The molecular weight excluding hydrogens is 415 g/mol. The maximum atomic E-state index is 13.8. The first-order valence-electron chi connectivity index (χ1n) is 11.3. The molecule has 0 heterocycles. The first kappa shape index (κ1) is 22.8. The number of ketones is 1. The fourth-order valence-electron chi connectivity index (χ4n) is 4.19. The zero-order valence-electron chi connectivity index (χ0n) is 19.4. The van der Waals surface area contributed by atoms with E-state index in [1.807, 2.05) is 30.3 Å². The lowest BCUT2D eigenvalue weighted by Crippen LogP contribution is -2.12. The van der Waals surface area contributed by atoms with Crippen molar-refractivity contribution in [1.29, 1.82) is 0 Å². The minimum atomic E-state index is -0.215. The summed E-state index contributed by atoms with van der Waals surface area (Å²) in [5, 5.41) is 0. The van der Waals surface area contributed by atoms with Gasteiger partial charge < -0.3 is 9.47 Å². The minimum Gasteiger partial charge on any atom is -0.501 e. The van der Waals surface area contributed by atoms with Crippen LogP contribution >= 0.6 is 0 Å². The van der Waals surface area contributed by atoms with Crippen LogP contribution in [-0.4, -0.2) is 19.5 Å². The highest BCUT2D eigenvalue weighted by Crippen LogP contribution is 2.33. The van der Waals surface area contributed by atoms with Gasteiger partial charge in [0.25, 0.3) is 0 Å². The first-order valence-corrected chi connectivity index (χ1v) is 11.3. The number of rotatable bonds is 7. The van der Waals surface area contributed by atoms with E-state index in [4.69, 9.17) is 9.47 Å². The van der Waals surface area contributed by atoms with E-state index in [1.54, 1.807) is 20.1 Å². The molecule has 0 spiro atoms. The average molecular weight is 445 g/mol. The molecule has 0 radical (unpaired) electrons. The summed E-state index contributed by atoms with van der Waals surface area (Å²) < 4.78 is 25.2. The van der Waals surface area contributed by atoms with Gasteiger partial charge in [-0.15, -0.1) is 0 Å². The van der Waals surface area contributed by atoms with E-state index in [9.17, 15) is 9.18 Å². The number of methoxy groups -OCH3 is 1. The molecule has 0 aliphatic heterocycles. The molecule has 0 amide bonds. The summed E-state index contributed by atoms with van der Waals surface area (Å²) in [6.45, 7) is 3.94. The van der Waals surface area contributed by atoms with E-state index in [0.717, 1.165) is 40.2 Å². The predicted octanol–water partition coefficient (Wildman–Crippen LogP) is 6.64. The molecule has 2 aromatic rings. The summed E-state index contributed by atoms with van der Waals surface area (Å²) in [6, 6.07) is 12.9. The number of halogens is 1. The quantitative estimate of drug-likeness (QED) is 0.480. The summed E-state index contributed by atoms with van der Waals surface area (Å²) >= 11 is 0. The van der Waals surface area contributed by atoms with Crippen LogP contribution in [0.4, 0.5) is 4.39 Å². The van der Waals surface area contributed by atoms with Crippen LogP contribution in [0.3, 0.4) is 0 Å². The third kappa shape index (κ3) is 5.51. The summed E-state index contributed by atoms with van der Waals surface area (Å²) in [5.41, 5.74) is 5.64. The number of ether oxygens (including phenoxy) is 2. The Balaban J connectivity index is 1.36. The highest BCUT2D eigenvalue weighted by molar-refractivity contribution is 5.82. The van der Waals surface area contributed by atoms with Crippen molar-refractivity contribution in [2.75, 3.05) is 13.7 Å². The molecule has 0 saturated carbocycles. The summed E-state index contributed by atoms with van der Waals surface area (Å²) in [5.74, 6) is 1.92. The van der Waals surface area contributed by atoms with E-state index in [0.29, 0.717) is 24.3 Å². The van der Waals surface area contributed by atoms with Crippen molar-refractivity contribution in [3.63, 3.8) is 0 Å². The number of carbonyl (C=O) groups excluding carboxylic acids is 1. The Bertz CT molecular complexity index is 1170. The number of carbonyl (C=O) groups is 1. The van der Waals surface area contributed by atoms with Crippen LogP contribution in [0, 0.1) is 18.7 Å². The van der Waals surface area contributed by atoms with Gasteiger partial charge >= 0.3 is 0 Å². The minimum absolute atomic E-state index is 0.0195. The van der Waals surface area contributed by atoms with Gasteiger partial charge in [-0.3, -0.25) is 4.79 Å². The molecule has 3 nitrogen and oxygen atoms in total. The van der Waals surface area contributed by atoms with Crippen LogP contribution < -0.4 is 0 Å². The van der Waals surface area contributed by atoms with Crippen molar-refractivity contribution in [2.45, 2.75) is 33.1 Å². The second-order valence-electron chi connectivity index (χ2n) is 8.72. The molecule has 0 saturated heterocycles. The zero-order valence-corrected chi connectivity index (χ0v) is 19.4. The van der Waals surface area contributed by atoms with Gasteiger partial charge in [-0.25, -0.2) is 4.39 Å². The number of aryl methyl sites for hydroxylation is 1. The van der Waals surface area contributed by atoms with Gasteiger partial charge in [-0.1, -0.05) is 55.5 Å². The van der Waals surface area contributed by atoms with E-state index >= 15 is 0 Å². The molecule has 2 aliphatic rings. The Morgan fingerprint density at radius 3 is 2.58 bits per heavy atom. The van der Waals surface area contributed by atoms with Crippen LogP contribution in [0.2, 0.25) is 0 Å². The van der Waals surface area contributed by atoms with Crippen molar-refractivity contribution >= 4 is 5.78 Å². The Labute approximate surface area is 194 Å². The Kier molecular flexibility index (Phi) is 6.93. The number of hydrogen-bond donors (Lipinski definition) is 0. The van der Waals surface area contributed by atoms with Crippen molar-refractivity contribution < 1.29 is 18.7 Å². The molecular formula is C29H29FO3. The highest BCUT2D eigenvalue weighted by atomic mass is 19.1. The number of Topliss-reactive ketones (excluding diaryl/α,β-unsaturated/α-hetero) is 1. The van der Waals surface area contributed by atoms with Gasteiger partial charge in [0.1, 0.15) is 18.2 Å². The SMILES string of the molecule is COC1=CC2=C(C=C(OCC(=O)Cc3ccc(-c4ccc(C)c(F)c4)cc3)CC=C2)C[C@H]1C. The standard InChI is InChI=1S/C29H29FO3/c1-19-7-10-24(16-28(19)30)22-11-8-21(9-12-22)14-26(31)18-33-27-6-4-5-23-17-29(32-3)20(2)13-25(23)15-27/h4-5,7-12,15-17,20H,6,13-14,18H2,1-3H3/t20-/m1/s1. The third-order valence-electron chi connectivity index (χ3n) is 6.15. The van der Waals surface area contributed by atoms with Crippen LogP contribution in [-0.2, 0) is 20.7 Å². The zero-order chi connectivity index (χ0) is 23.4. The molecule has 0 unspecified atom stereocenters. The molecule has 0 fully saturated rings. The number of hydrogen-bond acceptors (Lipinski definition) is 3. The fourth-order valence-corrected chi connectivity index (χ4v) is 4.19. The monoisotopic (exact) mass is 444 g/mol. The topological polar surface area (TPSA) is 35.5 Å². The predicted molar refractivity (Wildman–Crippen MR) is 129 cm³/mol. The molecule has 33 heavy (non-hydrogen) atoms. The van der Waals surface area contributed by atoms with Crippen molar-refractivity contribution in [3.05, 3.63) is 106 Å². The first-order chi connectivity index (χ1) is 15.9. The maximum Gasteiger partial charge on any atom is 0.174 e. The Morgan fingerprint density at radius 1 is 1.09 bits per heavy atom. The van der Waals surface area contributed by atoms with Crippen molar-refractivity contribution in [3.8, 4) is 11.1 Å². The van der Waals surface area contributed by atoms with Crippen molar-refractivity contribution in [2.24, 2.45) is 5.92 Å². The molecule has 0 bridgehead atoms. The molecule has 2 aliphatic carbocycles. The van der Waals surface area contributed by atoms with Gasteiger partial charge in [-0.05, 0) is 65.0 Å². The molecule has 4 rings (SSSR count). The number of benzene rings is 2. The molecule has 2 aromatic carbocycles. The number of allylic oxidation sites excluding steroid dienone is 7. The van der Waals surface area contributed by atoms with Crippen LogP contribution in [0.15, 0.2) is 89.4 Å². The second-order valence-corrected chi connectivity index (χ2v) is 8.72. The maximum absolute atomic E-state index is 13.8. The molecule has 1 atom stereocenters. The highest BCUT2D eigenvalue weighted by Gasteiger charge is 2.20. The van der Waals surface area contributed by atoms with Crippen LogP contribution in [0.1, 0.15) is 30.9 Å². The smallest absolute Gasteiger partial charge is 0.174 e. The lowest BCUT2D eigenvalue weighted by molar-refractivity contribution is -0.121. The van der Waals surface area contributed by atoms with Gasteiger partial charge in [-0.2, -0.15) is 0 Å². The van der Waals surface area contributed by atoms with Gasteiger partial charge in [0.05, 0.1) is 12.9 Å². The molecule has 0 N–H and O–H groups in total. The largest absolute Gasteiger partial charge is 0.501 e. The lowest BCUT2D eigenvalue weighted by atomic mass is 9.89. The van der Waals surface area contributed by atoms with E-state index in [-0.39, 0.29) is 18.2 Å². The third-order valence-corrected chi connectivity index (χ3v) is 6.15. The average Bonchev–Trinajstić information content (AvgIpc) is 3.00. The second kappa shape index (κ2) is 10.0. The van der Waals surface area contributed by atoms with Gasteiger partial charge in [0, 0.05) is 18.8 Å². The van der Waals surface area contributed by atoms with Gasteiger partial charge in [0.2, 0.25) is 0 Å². The lowest BCUT2D eigenvalue weighted by Gasteiger charge is -2.22. The molecule has 4 heteroatoms. The Hall–Kier alpha value is -3.40. The van der Waals surface area contributed by atoms with Crippen LogP contribution in [0.5, 0.6) is 0 Å². The van der Waals surface area contributed by atoms with E-state index in [1.165, 1.54) is 11.6 Å². The summed E-state index contributed by atoms with van der Waals surface area (Å²) in [4.78, 5) is 12.5. The molecule has 170 valence electrons. The Morgan fingerprint density at radius 2 is 1.85 bits per heavy atom. The summed E-state index contributed by atoms with van der Waals surface area (Å²) in [6.07, 6.45) is 10.2. The normalized spacial score (nSPS) is 17.6. The van der Waals surface area contributed by atoms with Gasteiger partial charge in [0.15, 0.2) is 5.78 Å². The summed E-state index contributed by atoms with van der Waals surface area (Å²) in [7, 11) is 1.71. The van der Waals surface area contributed by atoms with Crippen LogP contribution in [0.25, 0.3) is 11.1 Å². The van der Waals surface area contributed by atoms with E-state index in [2.05, 4.69) is 31.2 Å². The molecule has 0 aromatic heterocycles. The van der Waals surface area contributed by atoms with E-state index < -0.39 is 0 Å².